The fourth-order valence-electron chi connectivity index (χ4n) is 5.70. The van der Waals surface area contributed by atoms with Crippen molar-refractivity contribution < 1.29 is 33.4 Å². The van der Waals surface area contributed by atoms with Crippen LogP contribution in [0.25, 0.3) is 10.4 Å². The molecule has 2 heterocycles. The molecular weight excluding hydrogens is 644 g/mol. The number of ether oxygens (including phenoxy) is 3. The van der Waals surface area contributed by atoms with Gasteiger partial charge in [-0.2, -0.15) is 0 Å². The summed E-state index contributed by atoms with van der Waals surface area (Å²) in [6, 6.07) is 13.8. The molecule has 1 aromatic heterocycles. The van der Waals surface area contributed by atoms with Gasteiger partial charge < -0.3 is 29.7 Å². The third kappa shape index (κ3) is 10.6. The summed E-state index contributed by atoms with van der Waals surface area (Å²) in [5.74, 6) is -0.525. The lowest BCUT2D eigenvalue weighted by Crippen LogP contribution is -2.58. The number of nitrogens with zero attached hydrogens (tertiary/aromatic N) is 2. The number of likely N-dealkylation sites (tertiary alicyclic amines) is 1. The average Bonchev–Trinajstić information content (AvgIpc) is 3.75. The van der Waals surface area contributed by atoms with Crippen molar-refractivity contribution in [1.82, 2.24) is 20.5 Å². The minimum absolute atomic E-state index is 0.172. The van der Waals surface area contributed by atoms with Gasteiger partial charge in [0.25, 0.3) is 0 Å². The third-order valence-electron chi connectivity index (χ3n) is 8.53. The van der Waals surface area contributed by atoms with Gasteiger partial charge in [0.2, 0.25) is 17.7 Å². The number of thiazole rings is 1. The van der Waals surface area contributed by atoms with E-state index >= 15 is 0 Å². The number of aryl methyl sites for hydroxylation is 2. The van der Waals surface area contributed by atoms with Gasteiger partial charge in [-0.1, -0.05) is 57.2 Å². The molecule has 3 amide bonds. The van der Waals surface area contributed by atoms with Gasteiger partial charge in [-0.25, -0.2) is 4.98 Å². The van der Waals surface area contributed by atoms with Crippen molar-refractivity contribution >= 4 is 35.0 Å². The maximum absolute atomic E-state index is 13.9. The van der Waals surface area contributed by atoms with Crippen LogP contribution >= 0.6 is 11.3 Å². The number of nitrogens with one attached hydrogen (secondary N) is 2. The SMILES string of the molecule is COC(=O)CCc1ccc(OCCOCC(=O)NC(C(=O)N2CCC[C@H]2C(=O)N[C@@H](C)c2ccc(-c3scnc3C)cc2)C(C)(C)C)cc1. The highest BCUT2D eigenvalue weighted by molar-refractivity contribution is 7.13. The van der Waals surface area contributed by atoms with Gasteiger partial charge in [-0.05, 0) is 67.3 Å². The molecule has 264 valence electrons. The first-order valence-corrected chi connectivity index (χ1v) is 17.5. The smallest absolute Gasteiger partial charge is 0.305 e. The standard InChI is InChI=1S/C37H48N4O7S/c1-24(27-12-14-28(15-13-27)33-25(2)38-23-49-33)39-35(44)30-8-7-19-41(30)36(45)34(37(3,4)5)40-31(42)22-47-20-21-48-29-16-9-26(10-17-29)11-18-32(43)46-6/h9-10,12-17,23-24,30,34H,7-8,11,18-22H2,1-6H3,(H,39,44)(H,40,42)/t24-,30-,34?/m0/s1. The highest BCUT2D eigenvalue weighted by Gasteiger charge is 2.42. The highest BCUT2D eigenvalue weighted by Crippen LogP contribution is 2.29. The van der Waals surface area contributed by atoms with Crippen LogP contribution < -0.4 is 15.4 Å². The third-order valence-corrected chi connectivity index (χ3v) is 9.51. The molecule has 2 aromatic carbocycles. The molecule has 4 rings (SSSR count). The zero-order valence-corrected chi connectivity index (χ0v) is 30.1. The lowest BCUT2D eigenvalue weighted by Gasteiger charge is -2.35. The van der Waals surface area contributed by atoms with E-state index in [2.05, 4.69) is 20.4 Å². The van der Waals surface area contributed by atoms with E-state index in [0.29, 0.717) is 38.0 Å². The molecule has 1 saturated heterocycles. The van der Waals surface area contributed by atoms with Gasteiger partial charge >= 0.3 is 5.97 Å². The Morgan fingerprint density at radius 3 is 2.37 bits per heavy atom. The van der Waals surface area contributed by atoms with Crippen LogP contribution in [0.1, 0.15) is 69.8 Å². The second-order valence-electron chi connectivity index (χ2n) is 13.3. The second kappa shape index (κ2) is 17.4. The number of aromatic nitrogens is 1. The maximum Gasteiger partial charge on any atom is 0.305 e. The molecule has 1 fully saturated rings. The van der Waals surface area contributed by atoms with Crippen molar-refractivity contribution in [1.29, 1.82) is 0 Å². The first-order valence-electron chi connectivity index (χ1n) is 16.6. The van der Waals surface area contributed by atoms with Crippen LogP contribution in [0.15, 0.2) is 54.0 Å². The van der Waals surface area contributed by atoms with Gasteiger partial charge in [-0.3, -0.25) is 19.2 Å². The van der Waals surface area contributed by atoms with E-state index in [-0.39, 0.29) is 43.6 Å². The van der Waals surface area contributed by atoms with Gasteiger partial charge in [-0.15, -0.1) is 11.3 Å². The van der Waals surface area contributed by atoms with Gasteiger partial charge in [0.1, 0.15) is 31.0 Å². The van der Waals surface area contributed by atoms with Crippen LogP contribution in [-0.2, 0) is 35.1 Å². The first-order chi connectivity index (χ1) is 23.4. The van der Waals surface area contributed by atoms with E-state index in [1.807, 2.05) is 88.7 Å². The lowest BCUT2D eigenvalue weighted by molar-refractivity contribution is -0.144. The van der Waals surface area contributed by atoms with Crippen LogP contribution in [-0.4, -0.2) is 79.1 Å². The highest BCUT2D eigenvalue weighted by atomic mass is 32.1. The topological polar surface area (TPSA) is 136 Å². The number of hydrogen-bond donors (Lipinski definition) is 2. The fourth-order valence-corrected chi connectivity index (χ4v) is 6.51. The molecule has 2 N–H and O–H groups in total. The number of esters is 1. The Hall–Kier alpha value is -4.29. The van der Waals surface area contributed by atoms with E-state index in [9.17, 15) is 19.2 Å². The lowest BCUT2D eigenvalue weighted by atomic mass is 9.85. The molecule has 11 nitrogen and oxygen atoms in total. The van der Waals surface area contributed by atoms with Crippen LogP contribution in [0.4, 0.5) is 0 Å². The summed E-state index contributed by atoms with van der Waals surface area (Å²) in [5.41, 5.74) is 5.26. The molecule has 0 bridgehead atoms. The molecule has 0 spiro atoms. The molecular formula is C37H48N4O7S. The van der Waals surface area contributed by atoms with Crippen LogP contribution in [0.5, 0.6) is 5.75 Å². The van der Waals surface area contributed by atoms with Crippen LogP contribution in [0.3, 0.4) is 0 Å². The van der Waals surface area contributed by atoms with Crippen LogP contribution in [0.2, 0.25) is 0 Å². The van der Waals surface area contributed by atoms with E-state index in [1.165, 1.54) is 7.11 Å². The molecule has 3 atom stereocenters. The van der Waals surface area contributed by atoms with Gasteiger partial charge in [0, 0.05) is 13.0 Å². The second-order valence-corrected chi connectivity index (χ2v) is 14.2. The Kier molecular flexibility index (Phi) is 13.3. The summed E-state index contributed by atoms with van der Waals surface area (Å²) in [6.07, 6.45) is 2.15. The minimum atomic E-state index is -0.842. The molecule has 1 aliphatic rings. The van der Waals surface area contributed by atoms with Crippen molar-refractivity contribution in [3.05, 3.63) is 70.9 Å². The Morgan fingerprint density at radius 1 is 1.02 bits per heavy atom. The quantitative estimate of drug-likeness (QED) is 0.168. The summed E-state index contributed by atoms with van der Waals surface area (Å²) in [6.45, 7) is 10.2. The van der Waals surface area contributed by atoms with Gasteiger partial charge in [0.05, 0.1) is 35.8 Å². The zero-order valence-electron chi connectivity index (χ0n) is 29.2. The number of methoxy groups -OCH3 is 1. The number of amides is 3. The fraction of sp³-hybridized carbons (Fsp3) is 0.486. The van der Waals surface area contributed by atoms with Gasteiger partial charge in [0.15, 0.2) is 0 Å². The summed E-state index contributed by atoms with van der Waals surface area (Å²) in [4.78, 5) is 58.6. The molecule has 0 saturated carbocycles. The molecule has 0 radical (unpaired) electrons. The largest absolute Gasteiger partial charge is 0.491 e. The number of carbonyl (C=O) groups excluding carboxylic acids is 4. The average molecular weight is 693 g/mol. The van der Waals surface area contributed by atoms with Crippen molar-refractivity contribution in [2.75, 3.05) is 33.5 Å². The molecule has 49 heavy (non-hydrogen) atoms. The van der Waals surface area contributed by atoms with E-state index < -0.39 is 23.4 Å². The van der Waals surface area contributed by atoms with Crippen molar-refractivity contribution in [2.45, 2.75) is 78.4 Å². The molecule has 1 aliphatic heterocycles. The Labute approximate surface area is 292 Å². The first kappa shape index (κ1) is 37.5. The number of carbonyl (C=O) groups is 4. The zero-order chi connectivity index (χ0) is 35.6. The van der Waals surface area contributed by atoms with Crippen molar-refractivity contribution in [2.24, 2.45) is 5.41 Å². The normalized spacial score (nSPS) is 15.7. The number of hydrogen-bond acceptors (Lipinski definition) is 9. The summed E-state index contributed by atoms with van der Waals surface area (Å²) >= 11 is 1.60. The van der Waals surface area contributed by atoms with E-state index in [0.717, 1.165) is 27.3 Å². The predicted molar refractivity (Wildman–Crippen MR) is 188 cm³/mol. The number of rotatable bonds is 15. The summed E-state index contributed by atoms with van der Waals surface area (Å²) in [7, 11) is 1.37. The number of benzene rings is 2. The summed E-state index contributed by atoms with van der Waals surface area (Å²) < 4.78 is 15.9. The Morgan fingerprint density at radius 2 is 1.73 bits per heavy atom. The Balaban J connectivity index is 1.25. The molecule has 1 unspecified atom stereocenters. The predicted octanol–water partition coefficient (Wildman–Crippen LogP) is 5.02. The van der Waals surface area contributed by atoms with E-state index in [1.54, 1.807) is 16.2 Å². The molecule has 0 aliphatic carbocycles. The minimum Gasteiger partial charge on any atom is -0.491 e. The summed E-state index contributed by atoms with van der Waals surface area (Å²) in [5, 5.41) is 5.95. The van der Waals surface area contributed by atoms with Crippen LogP contribution in [0, 0.1) is 12.3 Å². The maximum atomic E-state index is 13.9. The van der Waals surface area contributed by atoms with E-state index in [4.69, 9.17) is 9.47 Å². The molecule has 3 aromatic rings. The monoisotopic (exact) mass is 692 g/mol. The van der Waals surface area contributed by atoms with Crippen molar-refractivity contribution in [3.8, 4) is 16.2 Å². The Bertz CT molecular complexity index is 1570. The molecule has 12 heteroatoms. The van der Waals surface area contributed by atoms with Crippen molar-refractivity contribution in [3.63, 3.8) is 0 Å².